The van der Waals surface area contributed by atoms with Crippen LogP contribution in [0, 0.1) is 6.92 Å². The first-order valence-electron chi connectivity index (χ1n) is 7.90. The van der Waals surface area contributed by atoms with Gasteiger partial charge in [-0.25, -0.2) is 9.97 Å². The monoisotopic (exact) mass is 362 g/mol. The molecule has 1 N–H and O–H groups in total. The van der Waals surface area contributed by atoms with Crippen LogP contribution in [0.1, 0.15) is 16.3 Å². The Morgan fingerprint density at radius 1 is 1.28 bits per heavy atom. The molecule has 1 aliphatic rings. The predicted molar refractivity (Wildman–Crippen MR) is 95.8 cm³/mol. The number of aromatic nitrogens is 2. The van der Waals surface area contributed by atoms with Crippen LogP contribution < -0.4 is 15.0 Å². The molecule has 1 saturated heterocycles. The van der Waals surface area contributed by atoms with Crippen molar-refractivity contribution < 1.29 is 14.3 Å². The molecule has 0 spiro atoms. The Hall–Kier alpha value is -2.38. The maximum atomic E-state index is 12.6. The van der Waals surface area contributed by atoms with Gasteiger partial charge in [0, 0.05) is 24.2 Å². The summed E-state index contributed by atoms with van der Waals surface area (Å²) >= 11 is 6.00. The SMILES string of the molecule is COc1ccc(Cl)cc1NC(=O)c1cc(N2CCOCC2)nc(C)n1. The normalized spacial score (nSPS) is 14.3. The lowest BCUT2D eigenvalue weighted by Crippen LogP contribution is -2.37. The molecule has 132 valence electrons. The van der Waals surface area contributed by atoms with Gasteiger partial charge in [-0.15, -0.1) is 0 Å². The van der Waals surface area contributed by atoms with E-state index in [2.05, 4.69) is 20.2 Å². The van der Waals surface area contributed by atoms with Crippen LogP contribution >= 0.6 is 11.6 Å². The Kier molecular flexibility index (Phi) is 5.35. The van der Waals surface area contributed by atoms with E-state index in [1.165, 1.54) is 7.11 Å². The zero-order chi connectivity index (χ0) is 17.8. The van der Waals surface area contributed by atoms with Gasteiger partial charge in [0.1, 0.15) is 23.1 Å². The maximum Gasteiger partial charge on any atom is 0.274 e. The van der Waals surface area contributed by atoms with Gasteiger partial charge < -0.3 is 19.7 Å². The number of carbonyl (C=O) groups excluding carboxylic acids is 1. The number of ether oxygens (including phenoxy) is 2. The molecular formula is C17H19ClN4O3. The molecule has 0 saturated carbocycles. The number of carbonyl (C=O) groups is 1. The number of morpholine rings is 1. The molecule has 0 radical (unpaired) electrons. The molecule has 3 rings (SSSR count). The second-order valence-electron chi connectivity index (χ2n) is 5.56. The third-order valence-corrected chi connectivity index (χ3v) is 4.04. The number of aryl methyl sites for hydroxylation is 1. The number of nitrogens with one attached hydrogen (secondary N) is 1. The van der Waals surface area contributed by atoms with Gasteiger partial charge in [0.25, 0.3) is 5.91 Å². The number of rotatable bonds is 4. The minimum absolute atomic E-state index is 0.288. The smallest absolute Gasteiger partial charge is 0.274 e. The lowest BCUT2D eigenvalue weighted by atomic mass is 10.2. The summed E-state index contributed by atoms with van der Waals surface area (Å²) in [4.78, 5) is 23.4. The minimum Gasteiger partial charge on any atom is -0.495 e. The van der Waals surface area contributed by atoms with E-state index in [9.17, 15) is 4.79 Å². The molecule has 1 aromatic carbocycles. The van der Waals surface area contributed by atoms with E-state index in [0.717, 1.165) is 18.9 Å². The molecule has 8 heteroatoms. The van der Waals surface area contributed by atoms with E-state index >= 15 is 0 Å². The molecule has 1 amide bonds. The van der Waals surface area contributed by atoms with Crippen LogP contribution in [0.2, 0.25) is 5.02 Å². The number of benzene rings is 1. The first kappa shape index (κ1) is 17.4. The van der Waals surface area contributed by atoms with Gasteiger partial charge in [0.05, 0.1) is 26.0 Å². The zero-order valence-electron chi connectivity index (χ0n) is 14.1. The van der Waals surface area contributed by atoms with Crippen LogP contribution in [0.15, 0.2) is 24.3 Å². The van der Waals surface area contributed by atoms with Crippen molar-refractivity contribution in [3.63, 3.8) is 0 Å². The fourth-order valence-corrected chi connectivity index (χ4v) is 2.76. The van der Waals surface area contributed by atoms with Crippen molar-refractivity contribution in [3.8, 4) is 5.75 Å². The number of hydrogen-bond donors (Lipinski definition) is 1. The van der Waals surface area contributed by atoms with Crippen LogP contribution in [0.4, 0.5) is 11.5 Å². The van der Waals surface area contributed by atoms with Crippen LogP contribution in [0.25, 0.3) is 0 Å². The summed E-state index contributed by atoms with van der Waals surface area (Å²) in [5.74, 6) is 1.43. The fraction of sp³-hybridized carbons (Fsp3) is 0.353. The molecule has 0 aliphatic carbocycles. The summed E-state index contributed by atoms with van der Waals surface area (Å²) < 4.78 is 10.6. The van der Waals surface area contributed by atoms with Gasteiger partial charge in [-0.3, -0.25) is 4.79 Å². The van der Waals surface area contributed by atoms with E-state index in [-0.39, 0.29) is 11.6 Å². The highest BCUT2D eigenvalue weighted by Crippen LogP contribution is 2.28. The van der Waals surface area contributed by atoms with Gasteiger partial charge in [-0.1, -0.05) is 11.6 Å². The molecule has 7 nitrogen and oxygen atoms in total. The van der Waals surface area contributed by atoms with Crippen molar-refractivity contribution in [2.24, 2.45) is 0 Å². The van der Waals surface area contributed by atoms with E-state index < -0.39 is 0 Å². The van der Waals surface area contributed by atoms with Gasteiger partial charge >= 0.3 is 0 Å². The lowest BCUT2D eigenvalue weighted by molar-refractivity contribution is 0.102. The number of nitrogens with zero attached hydrogens (tertiary/aromatic N) is 3. The highest BCUT2D eigenvalue weighted by molar-refractivity contribution is 6.31. The van der Waals surface area contributed by atoms with Gasteiger partial charge in [0.15, 0.2) is 0 Å². The number of anilines is 2. The van der Waals surface area contributed by atoms with Gasteiger partial charge in [0.2, 0.25) is 0 Å². The van der Waals surface area contributed by atoms with E-state index in [4.69, 9.17) is 21.1 Å². The Balaban J connectivity index is 1.84. The third-order valence-electron chi connectivity index (χ3n) is 3.80. The largest absolute Gasteiger partial charge is 0.495 e. The van der Waals surface area contributed by atoms with Crippen molar-refractivity contribution in [1.82, 2.24) is 9.97 Å². The van der Waals surface area contributed by atoms with Crippen LogP contribution in [-0.4, -0.2) is 49.3 Å². The standard InChI is InChI=1S/C17H19ClN4O3/c1-11-19-14(10-16(20-11)22-5-7-25-8-6-22)17(23)21-13-9-12(18)3-4-15(13)24-2/h3-4,9-10H,5-8H2,1-2H3,(H,21,23). The van der Waals surface area contributed by atoms with Crippen molar-refractivity contribution in [1.29, 1.82) is 0 Å². The number of methoxy groups -OCH3 is 1. The van der Waals surface area contributed by atoms with Crippen LogP contribution in [0.3, 0.4) is 0 Å². The van der Waals surface area contributed by atoms with E-state index in [1.807, 2.05) is 0 Å². The second-order valence-corrected chi connectivity index (χ2v) is 5.99. The molecule has 1 fully saturated rings. The van der Waals surface area contributed by atoms with Crippen LogP contribution in [-0.2, 0) is 4.74 Å². The molecule has 0 atom stereocenters. The second kappa shape index (κ2) is 7.67. The van der Waals surface area contributed by atoms with Gasteiger partial charge in [-0.05, 0) is 25.1 Å². The minimum atomic E-state index is -0.347. The fourth-order valence-electron chi connectivity index (χ4n) is 2.59. The molecule has 1 aliphatic heterocycles. The van der Waals surface area contributed by atoms with Crippen LogP contribution in [0.5, 0.6) is 5.75 Å². The topological polar surface area (TPSA) is 76.6 Å². The molecule has 1 aromatic heterocycles. The quantitative estimate of drug-likeness (QED) is 0.900. The molecule has 25 heavy (non-hydrogen) atoms. The Morgan fingerprint density at radius 3 is 2.76 bits per heavy atom. The third kappa shape index (κ3) is 4.18. The Labute approximate surface area is 150 Å². The van der Waals surface area contributed by atoms with E-state index in [1.54, 1.807) is 31.2 Å². The van der Waals surface area contributed by atoms with Crippen molar-refractivity contribution in [3.05, 3.63) is 40.8 Å². The highest BCUT2D eigenvalue weighted by Gasteiger charge is 2.18. The average molecular weight is 363 g/mol. The highest BCUT2D eigenvalue weighted by atomic mass is 35.5. The first-order valence-corrected chi connectivity index (χ1v) is 8.28. The summed E-state index contributed by atoms with van der Waals surface area (Å²) in [5.41, 5.74) is 0.778. The van der Waals surface area contributed by atoms with Gasteiger partial charge in [-0.2, -0.15) is 0 Å². The number of halogens is 1. The first-order chi connectivity index (χ1) is 12.1. The summed E-state index contributed by atoms with van der Waals surface area (Å²) in [6, 6.07) is 6.71. The van der Waals surface area contributed by atoms with Crippen molar-refractivity contribution >= 4 is 29.0 Å². The van der Waals surface area contributed by atoms with Crippen molar-refractivity contribution in [2.45, 2.75) is 6.92 Å². The molecule has 2 aromatic rings. The maximum absolute atomic E-state index is 12.6. The van der Waals surface area contributed by atoms with Crippen molar-refractivity contribution in [2.75, 3.05) is 43.6 Å². The zero-order valence-corrected chi connectivity index (χ0v) is 14.8. The molecule has 0 bridgehead atoms. The number of amides is 1. The molecule has 0 unspecified atom stereocenters. The summed E-state index contributed by atoms with van der Waals surface area (Å²) in [6.07, 6.45) is 0. The van der Waals surface area contributed by atoms with E-state index in [0.29, 0.717) is 35.5 Å². The summed E-state index contributed by atoms with van der Waals surface area (Å²) in [5, 5.41) is 3.30. The summed E-state index contributed by atoms with van der Waals surface area (Å²) in [6.45, 7) is 4.52. The Bertz CT molecular complexity index is 778. The molecular weight excluding hydrogens is 344 g/mol. The lowest BCUT2D eigenvalue weighted by Gasteiger charge is -2.28. The summed E-state index contributed by atoms with van der Waals surface area (Å²) in [7, 11) is 1.53. The number of hydrogen-bond acceptors (Lipinski definition) is 6. The Morgan fingerprint density at radius 2 is 2.04 bits per heavy atom. The average Bonchev–Trinajstić information content (AvgIpc) is 2.62. The predicted octanol–water partition coefficient (Wildman–Crippen LogP) is 2.54. The molecule has 2 heterocycles.